The average molecular weight is 365 g/mol. The molecule has 1 saturated heterocycles. The van der Waals surface area contributed by atoms with E-state index in [1.54, 1.807) is 7.11 Å². The topological polar surface area (TPSA) is 63.7 Å². The van der Waals surface area contributed by atoms with E-state index in [2.05, 4.69) is 13.8 Å². The second-order valence-corrected chi connectivity index (χ2v) is 9.88. The first-order valence-electron chi connectivity index (χ1n) is 8.99. The molecular formula is C19H27NO4S. The normalized spacial score (nSPS) is 23.4. The van der Waals surface area contributed by atoms with Gasteiger partial charge in [0.05, 0.1) is 18.6 Å². The van der Waals surface area contributed by atoms with Crippen LogP contribution in [-0.2, 0) is 21.1 Å². The summed E-state index contributed by atoms with van der Waals surface area (Å²) in [7, 11) is -1.31. The predicted molar refractivity (Wildman–Crippen MR) is 98.8 cm³/mol. The maximum atomic E-state index is 13.1. The van der Waals surface area contributed by atoms with Gasteiger partial charge in [0.2, 0.25) is 5.91 Å². The quantitative estimate of drug-likeness (QED) is 0.826. The summed E-state index contributed by atoms with van der Waals surface area (Å²) in [5, 5.41) is 0. The number of hydrogen-bond acceptors (Lipinski definition) is 4. The van der Waals surface area contributed by atoms with Gasteiger partial charge in [0.15, 0.2) is 0 Å². The first-order chi connectivity index (χ1) is 11.8. The van der Waals surface area contributed by atoms with Crippen LogP contribution in [0.4, 0.5) is 5.69 Å². The fraction of sp³-hybridized carbons (Fsp3) is 0.632. The zero-order valence-corrected chi connectivity index (χ0v) is 16.0. The molecule has 2 heterocycles. The third kappa shape index (κ3) is 3.84. The van der Waals surface area contributed by atoms with Crippen LogP contribution in [0.2, 0.25) is 0 Å². The molecule has 0 spiro atoms. The third-order valence-corrected chi connectivity index (χ3v) is 7.30. The Morgan fingerprint density at radius 1 is 1.24 bits per heavy atom. The number of ether oxygens (including phenoxy) is 1. The minimum Gasteiger partial charge on any atom is -0.497 e. The van der Waals surface area contributed by atoms with Crippen LogP contribution in [0, 0.1) is 17.8 Å². The van der Waals surface area contributed by atoms with Crippen molar-refractivity contribution in [2.24, 2.45) is 17.8 Å². The second kappa shape index (κ2) is 6.98. The number of carbonyl (C=O) groups excluding carboxylic acids is 1. The van der Waals surface area contributed by atoms with Crippen LogP contribution in [0.1, 0.15) is 32.3 Å². The first-order valence-corrected chi connectivity index (χ1v) is 10.8. The molecule has 1 atom stereocenters. The van der Waals surface area contributed by atoms with Crippen molar-refractivity contribution in [2.45, 2.75) is 33.1 Å². The molecular weight excluding hydrogens is 338 g/mol. The number of rotatable bonds is 3. The number of carbonyl (C=O) groups is 1. The van der Waals surface area contributed by atoms with E-state index in [1.165, 1.54) is 0 Å². The Morgan fingerprint density at radius 2 is 1.92 bits per heavy atom. The fourth-order valence-electron chi connectivity index (χ4n) is 3.81. The van der Waals surface area contributed by atoms with E-state index in [0.29, 0.717) is 31.2 Å². The van der Waals surface area contributed by atoms with E-state index in [-0.39, 0.29) is 23.3 Å². The highest BCUT2D eigenvalue weighted by atomic mass is 32.2. The molecule has 0 aromatic heterocycles. The lowest BCUT2D eigenvalue weighted by molar-refractivity contribution is -0.122. The van der Waals surface area contributed by atoms with Crippen LogP contribution in [0.5, 0.6) is 5.75 Å². The standard InChI is InChI=1S/C19H27NO4S/c1-13(2)16-10-15-11-17(24-3)4-5-18(15)20(12-16)19(21)14-6-8-25(22,23)9-7-14/h4-5,11,13-14,16H,6-10,12H2,1-3H3. The summed E-state index contributed by atoms with van der Waals surface area (Å²) in [6, 6.07) is 5.87. The van der Waals surface area contributed by atoms with Gasteiger partial charge in [0.1, 0.15) is 15.6 Å². The van der Waals surface area contributed by atoms with E-state index in [4.69, 9.17) is 4.74 Å². The van der Waals surface area contributed by atoms with Gasteiger partial charge in [-0.25, -0.2) is 8.42 Å². The molecule has 1 aromatic carbocycles. The molecule has 6 heteroatoms. The molecule has 25 heavy (non-hydrogen) atoms. The minimum atomic E-state index is -2.96. The number of nitrogens with zero attached hydrogens (tertiary/aromatic N) is 1. The van der Waals surface area contributed by atoms with E-state index in [0.717, 1.165) is 23.4 Å². The fourth-order valence-corrected chi connectivity index (χ4v) is 5.30. The molecule has 2 aliphatic heterocycles. The number of anilines is 1. The van der Waals surface area contributed by atoms with E-state index in [1.807, 2.05) is 23.1 Å². The molecule has 5 nitrogen and oxygen atoms in total. The Bertz CT molecular complexity index is 743. The van der Waals surface area contributed by atoms with Gasteiger partial charge in [-0.1, -0.05) is 13.8 Å². The third-order valence-electron chi connectivity index (χ3n) is 5.59. The highest BCUT2D eigenvalue weighted by Crippen LogP contribution is 2.37. The minimum absolute atomic E-state index is 0.0756. The van der Waals surface area contributed by atoms with Gasteiger partial charge in [-0.3, -0.25) is 4.79 Å². The molecule has 138 valence electrons. The number of benzene rings is 1. The molecule has 2 aliphatic rings. The number of fused-ring (bicyclic) bond motifs is 1. The van der Waals surface area contributed by atoms with Crippen molar-refractivity contribution in [1.29, 1.82) is 0 Å². The van der Waals surface area contributed by atoms with Gasteiger partial charge in [-0.15, -0.1) is 0 Å². The Kier molecular flexibility index (Phi) is 5.09. The van der Waals surface area contributed by atoms with Crippen molar-refractivity contribution >= 4 is 21.4 Å². The van der Waals surface area contributed by atoms with Gasteiger partial charge >= 0.3 is 0 Å². The van der Waals surface area contributed by atoms with Crippen molar-refractivity contribution in [3.8, 4) is 5.75 Å². The zero-order valence-electron chi connectivity index (χ0n) is 15.2. The van der Waals surface area contributed by atoms with Crippen LogP contribution >= 0.6 is 0 Å². The molecule has 1 aromatic rings. The molecule has 1 fully saturated rings. The summed E-state index contributed by atoms with van der Waals surface area (Å²) in [5.74, 6) is 1.81. The van der Waals surface area contributed by atoms with Gasteiger partial charge in [0.25, 0.3) is 0 Å². The summed E-state index contributed by atoms with van der Waals surface area (Å²) in [6.07, 6.45) is 1.82. The van der Waals surface area contributed by atoms with Crippen molar-refractivity contribution in [1.82, 2.24) is 0 Å². The average Bonchev–Trinajstić information content (AvgIpc) is 2.59. The molecule has 0 saturated carbocycles. The monoisotopic (exact) mass is 365 g/mol. The summed E-state index contributed by atoms with van der Waals surface area (Å²) in [4.78, 5) is 15.0. The van der Waals surface area contributed by atoms with E-state index in [9.17, 15) is 13.2 Å². The zero-order chi connectivity index (χ0) is 18.2. The van der Waals surface area contributed by atoms with Gasteiger partial charge < -0.3 is 9.64 Å². The number of sulfone groups is 1. The van der Waals surface area contributed by atoms with Gasteiger partial charge in [-0.2, -0.15) is 0 Å². The van der Waals surface area contributed by atoms with Crippen LogP contribution in [-0.4, -0.2) is 39.5 Å². The molecule has 0 radical (unpaired) electrons. The molecule has 1 unspecified atom stereocenters. The summed E-state index contributed by atoms with van der Waals surface area (Å²) < 4.78 is 28.7. The molecule has 0 bridgehead atoms. The molecule has 0 aliphatic carbocycles. The number of amides is 1. The van der Waals surface area contributed by atoms with Crippen molar-refractivity contribution < 1.29 is 17.9 Å². The largest absolute Gasteiger partial charge is 0.497 e. The lowest BCUT2D eigenvalue weighted by Gasteiger charge is -2.38. The van der Waals surface area contributed by atoms with Crippen molar-refractivity contribution in [3.63, 3.8) is 0 Å². The number of methoxy groups -OCH3 is 1. The van der Waals surface area contributed by atoms with E-state index < -0.39 is 9.84 Å². The lowest BCUT2D eigenvalue weighted by atomic mass is 9.84. The van der Waals surface area contributed by atoms with Crippen LogP contribution in [0.15, 0.2) is 18.2 Å². The van der Waals surface area contributed by atoms with Crippen LogP contribution < -0.4 is 9.64 Å². The molecule has 0 N–H and O–H groups in total. The van der Waals surface area contributed by atoms with Crippen molar-refractivity contribution in [3.05, 3.63) is 23.8 Å². The Morgan fingerprint density at radius 3 is 2.52 bits per heavy atom. The van der Waals surface area contributed by atoms with Gasteiger partial charge in [0, 0.05) is 18.2 Å². The van der Waals surface area contributed by atoms with E-state index >= 15 is 0 Å². The lowest BCUT2D eigenvalue weighted by Crippen LogP contribution is -2.46. The first kappa shape index (κ1) is 18.2. The Hall–Kier alpha value is -1.56. The number of hydrogen-bond donors (Lipinski definition) is 0. The van der Waals surface area contributed by atoms with Crippen LogP contribution in [0.3, 0.4) is 0 Å². The highest BCUT2D eigenvalue weighted by molar-refractivity contribution is 7.91. The van der Waals surface area contributed by atoms with Crippen LogP contribution in [0.25, 0.3) is 0 Å². The Labute approximate surface area is 150 Å². The van der Waals surface area contributed by atoms with Crippen molar-refractivity contribution in [2.75, 3.05) is 30.1 Å². The smallest absolute Gasteiger partial charge is 0.230 e. The van der Waals surface area contributed by atoms with Gasteiger partial charge in [-0.05, 0) is 54.9 Å². The Balaban J connectivity index is 1.88. The summed E-state index contributed by atoms with van der Waals surface area (Å²) in [6.45, 7) is 5.08. The predicted octanol–water partition coefficient (Wildman–Crippen LogP) is 2.68. The maximum absolute atomic E-state index is 13.1. The maximum Gasteiger partial charge on any atom is 0.230 e. The summed E-state index contributed by atoms with van der Waals surface area (Å²) >= 11 is 0. The molecule has 1 amide bonds. The second-order valence-electron chi connectivity index (χ2n) is 7.58. The summed E-state index contributed by atoms with van der Waals surface area (Å²) in [5.41, 5.74) is 2.09. The molecule has 3 rings (SSSR count). The SMILES string of the molecule is COc1ccc2c(c1)CC(C(C)C)CN2C(=O)C1CCS(=O)(=O)CC1. The highest BCUT2D eigenvalue weighted by Gasteiger charge is 2.36.